The monoisotopic (exact) mass is 535 g/mol. The lowest BCUT2D eigenvalue weighted by molar-refractivity contribution is 0.0135. The van der Waals surface area contributed by atoms with Gasteiger partial charge in [-0.2, -0.15) is 0 Å². The van der Waals surface area contributed by atoms with E-state index in [-0.39, 0.29) is 23.1 Å². The summed E-state index contributed by atoms with van der Waals surface area (Å²) in [4.78, 5) is 26.9. The van der Waals surface area contributed by atoms with Gasteiger partial charge in [0.1, 0.15) is 11.4 Å². The average molecular weight is 536 g/mol. The minimum absolute atomic E-state index is 0.168. The molecule has 0 spiro atoms. The summed E-state index contributed by atoms with van der Waals surface area (Å²) >= 11 is 0. The first kappa shape index (κ1) is 29.7. The second-order valence-electron chi connectivity index (χ2n) is 12.1. The highest BCUT2D eigenvalue weighted by molar-refractivity contribution is 6.98. The molecule has 38 heavy (non-hydrogen) atoms. The van der Waals surface area contributed by atoms with E-state index in [0.717, 1.165) is 41.8 Å². The third-order valence-electron chi connectivity index (χ3n) is 7.55. The third kappa shape index (κ3) is 6.97. The molecule has 1 heterocycles. The number of carbonyl (C=O) groups is 1. The van der Waals surface area contributed by atoms with E-state index in [0.29, 0.717) is 0 Å². The Balaban J connectivity index is 1.71. The number of ether oxygens (including phenoxy) is 1. The van der Waals surface area contributed by atoms with Gasteiger partial charge in [0.2, 0.25) is 0 Å². The molecule has 0 aliphatic heterocycles. The Morgan fingerprint density at radius 1 is 0.921 bits per heavy atom. The van der Waals surface area contributed by atoms with Crippen LogP contribution >= 0.6 is 0 Å². The number of carbonyl (C=O) groups excluding carboxylic acids is 1. The van der Waals surface area contributed by atoms with Gasteiger partial charge in [-0.05, 0) is 67.1 Å². The van der Waals surface area contributed by atoms with Gasteiger partial charge >= 0.3 is 6.09 Å². The maximum Gasteiger partial charge on any atom is 0.410 e. The largest absolute Gasteiger partial charge is 0.467 e. The van der Waals surface area contributed by atoms with Crippen LogP contribution in [0.4, 0.5) is 4.79 Å². The quantitative estimate of drug-likeness (QED) is 0.214. The zero-order valence-electron chi connectivity index (χ0n) is 24.1. The van der Waals surface area contributed by atoms with Crippen molar-refractivity contribution in [3.63, 3.8) is 0 Å². The fourth-order valence-corrected chi connectivity index (χ4v) is 9.22. The first-order valence-electron chi connectivity index (χ1n) is 13.7. The highest BCUT2D eigenvalue weighted by atomic mass is 28.4. The predicted octanol–water partition coefficient (Wildman–Crippen LogP) is 6.92. The molecule has 6 heteroatoms. The number of hydrogen-bond acceptors (Lipinski definition) is 4. The smallest absolute Gasteiger partial charge is 0.410 e. The molecule has 0 saturated carbocycles. The van der Waals surface area contributed by atoms with Gasteiger partial charge in [-0.15, -0.1) is 0 Å². The van der Waals surface area contributed by atoms with Crippen LogP contribution in [0.2, 0.25) is 5.04 Å². The van der Waals surface area contributed by atoms with Crippen LogP contribution in [0.25, 0.3) is 0 Å². The second-order valence-corrected chi connectivity index (χ2v) is 16.0. The van der Waals surface area contributed by atoms with Crippen molar-refractivity contribution in [2.45, 2.75) is 83.9 Å². The fraction of sp³-hybridized carbons (Fsp3) is 0.469. The zero-order valence-corrected chi connectivity index (χ0v) is 25.1. The van der Waals surface area contributed by atoms with Gasteiger partial charge in [0.25, 0.3) is 8.32 Å². The Morgan fingerprint density at radius 3 is 1.95 bits per heavy atom. The highest BCUT2D eigenvalue weighted by Gasteiger charge is 2.49. The third-order valence-corrected chi connectivity index (χ3v) is 12.1. The van der Waals surface area contributed by atoms with Gasteiger partial charge in [0, 0.05) is 7.05 Å². The molecule has 206 valence electrons. The summed E-state index contributed by atoms with van der Waals surface area (Å²) in [7, 11) is -1.23. The number of furan rings is 1. The van der Waals surface area contributed by atoms with Crippen molar-refractivity contribution in [2.24, 2.45) is 5.92 Å². The van der Waals surface area contributed by atoms with Crippen molar-refractivity contribution < 1.29 is 18.7 Å². The van der Waals surface area contributed by atoms with E-state index in [9.17, 15) is 9.59 Å². The molecule has 2 aromatic carbocycles. The lowest BCUT2D eigenvalue weighted by atomic mass is 9.91. The van der Waals surface area contributed by atoms with E-state index in [2.05, 4.69) is 45.0 Å². The molecule has 0 saturated heterocycles. The SMILES string of the molecule is CC(CCCCC(C)(C)[Si](O)(c1ccccc1)c1ccccc1)[C@@H](c1ccco1)N(C)C(=O)OC(C)(C)C. The highest BCUT2D eigenvalue weighted by Crippen LogP contribution is 2.41. The molecule has 5 nitrogen and oxygen atoms in total. The Bertz CT molecular complexity index is 1080. The molecule has 1 N–H and O–H groups in total. The molecular formula is C32H45NO4Si. The normalized spacial score (nSPS) is 14.1. The van der Waals surface area contributed by atoms with Crippen LogP contribution in [0, 0.1) is 5.92 Å². The molecule has 0 aliphatic rings. The molecule has 3 aromatic rings. The van der Waals surface area contributed by atoms with Crippen LogP contribution in [0.5, 0.6) is 0 Å². The molecule has 1 unspecified atom stereocenters. The van der Waals surface area contributed by atoms with Crippen molar-refractivity contribution in [3.05, 3.63) is 84.8 Å². The summed E-state index contributed by atoms with van der Waals surface area (Å²) in [5.74, 6) is 0.933. The van der Waals surface area contributed by atoms with Crippen LogP contribution in [0.15, 0.2) is 83.5 Å². The maximum atomic E-state index is 12.9. The molecule has 1 aromatic heterocycles. The minimum atomic E-state index is -3.01. The summed E-state index contributed by atoms with van der Waals surface area (Å²) in [5.41, 5.74) is -0.563. The fourth-order valence-electron chi connectivity index (χ4n) is 5.44. The van der Waals surface area contributed by atoms with Crippen LogP contribution in [-0.4, -0.2) is 36.8 Å². The van der Waals surface area contributed by atoms with Crippen LogP contribution in [-0.2, 0) is 4.74 Å². The average Bonchev–Trinajstić information content (AvgIpc) is 3.40. The van der Waals surface area contributed by atoms with Crippen molar-refractivity contribution in [3.8, 4) is 0 Å². The van der Waals surface area contributed by atoms with Gasteiger partial charge in [0.15, 0.2) is 0 Å². The second kappa shape index (κ2) is 12.3. The number of amides is 1. The Morgan fingerprint density at radius 2 is 1.47 bits per heavy atom. The van der Waals surface area contributed by atoms with E-state index in [1.807, 2.05) is 69.3 Å². The van der Waals surface area contributed by atoms with Crippen molar-refractivity contribution in [1.29, 1.82) is 0 Å². The standard InChI is InChI=1S/C32H45NO4Si/c1-25(29(28-22-16-24-36-28)33(7)30(34)37-31(2,3)4)17-14-15-23-32(5,6)38(35,26-18-10-8-11-19-26)27-20-12-9-13-21-27/h8-13,16,18-22,24-25,29,35H,14-15,17,23H2,1-7H3/t25?,29-/m0/s1. The topological polar surface area (TPSA) is 62.9 Å². The van der Waals surface area contributed by atoms with Gasteiger partial charge < -0.3 is 18.8 Å². The van der Waals surface area contributed by atoms with Gasteiger partial charge in [-0.1, -0.05) is 94.3 Å². The van der Waals surface area contributed by atoms with Crippen LogP contribution in [0.1, 0.15) is 79.0 Å². The van der Waals surface area contributed by atoms with E-state index < -0.39 is 13.9 Å². The lowest BCUT2D eigenvalue weighted by Gasteiger charge is -2.41. The molecule has 0 fully saturated rings. The molecule has 2 atom stereocenters. The molecular weight excluding hydrogens is 490 g/mol. The Kier molecular flexibility index (Phi) is 9.66. The summed E-state index contributed by atoms with van der Waals surface area (Å²) in [6.45, 7) is 12.2. The van der Waals surface area contributed by atoms with E-state index in [1.54, 1.807) is 18.2 Å². The molecule has 0 radical (unpaired) electrons. The van der Waals surface area contributed by atoms with Crippen LogP contribution < -0.4 is 10.4 Å². The van der Waals surface area contributed by atoms with Crippen molar-refractivity contribution in [1.82, 2.24) is 4.90 Å². The minimum Gasteiger partial charge on any atom is -0.467 e. The number of benzene rings is 2. The molecule has 1 amide bonds. The number of unbranched alkanes of at least 4 members (excludes halogenated alkanes) is 1. The summed E-state index contributed by atoms with van der Waals surface area (Å²) in [6, 6.07) is 23.9. The molecule has 0 aliphatic carbocycles. The van der Waals surface area contributed by atoms with E-state index in [4.69, 9.17) is 9.15 Å². The van der Waals surface area contributed by atoms with Gasteiger partial charge in [-0.25, -0.2) is 4.79 Å². The number of rotatable bonds is 11. The maximum absolute atomic E-state index is 12.9. The van der Waals surface area contributed by atoms with Crippen molar-refractivity contribution in [2.75, 3.05) is 7.05 Å². The number of nitrogens with zero attached hydrogens (tertiary/aromatic N) is 1. The first-order chi connectivity index (χ1) is 17.9. The summed E-state index contributed by atoms with van der Waals surface area (Å²) in [6.07, 6.45) is 5.09. The number of hydrogen-bond donors (Lipinski definition) is 1. The molecule has 0 bridgehead atoms. The lowest BCUT2D eigenvalue weighted by Crippen LogP contribution is -2.65. The van der Waals surface area contributed by atoms with E-state index >= 15 is 0 Å². The zero-order chi connectivity index (χ0) is 28.0. The van der Waals surface area contributed by atoms with Gasteiger partial charge in [0.05, 0.1) is 12.3 Å². The van der Waals surface area contributed by atoms with Crippen molar-refractivity contribution >= 4 is 24.8 Å². The first-order valence-corrected chi connectivity index (χ1v) is 15.6. The Labute approximate surface area is 230 Å². The predicted molar refractivity (Wildman–Crippen MR) is 157 cm³/mol. The summed E-state index contributed by atoms with van der Waals surface area (Å²) < 4.78 is 11.4. The van der Waals surface area contributed by atoms with Gasteiger partial charge in [-0.3, -0.25) is 0 Å². The Hall–Kier alpha value is -2.83. The molecule has 3 rings (SSSR count). The van der Waals surface area contributed by atoms with E-state index in [1.165, 1.54) is 0 Å². The van der Waals surface area contributed by atoms with Crippen LogP contribution in [0.3, 0.4) is 0 Å². The summed E-state index contributed by atoms with van der Waals surface area (Å²) in [5, 5.41) is 1.81.